The summed E-state index contributed by atoms with van der Waals surface area (Å²) in [5, 5.41) is 13.2. The summed E-state index contributed by atoms with van der Waals surface area (Å²) >= 11 is 0. The fraction of sp³-hybridized carbons (Fsp3) is 0.250. The highest BCUT2D eigenvalue weighted by Gasteiger charge is 2.44. The molecule has 4 aromatic heterocycles. The Bertz CT molecular complexity index is 2480. The van der Waals surface area contributed by atoms with E-state index in [0.29, 0.717) is 34.4 Å². The van der Waals surface area contributed by atoms with Crippen molar-refractivity contribution in [1.82, 2.24) is 40.5 Å². The lowest BCUT2D eigenvalue weighted by molar-refractivity contribution is -0.118. The van der Waals surface area contributed by atoms with Crippen LogP contribution in [0.25, 0.3) is 43.8 Å². The van der Waals surface area contributed by atoms with Crippen LogP contribution in [-0.4, -0.2) is 80.0 Å². The van der Waals surface area contributed by atoms with Gasteiger partial charge in [-0.2, -0.15) is 0 Å². The number of aromatic nitrogens is 6. The first kappa shape index (κ1) is 39.0. The zero-order chi connectivity index (χ0) is 41.4. The molecule has 2 saturated carbocycles. The number of alkyl halides is 2. The number of nitrogen functional groups attached to an aromatic ring is 2. The number of carbonyl (C=O) groups excluding carboxylic acids is 4. The molecular formula is C40H38F2N12O4. The van der Waals surface area contributed by atoms with E-state index in [1.54, 1.807) is 62.9 Å². The third-order valence-corrected chi connectivity index (χ3v) is 9.78. The summed E-state index contributed by atoms with van der Waals surface area (Å²) in [7, 11) is 3.03. The molecule has 2 aliphatic carbocycles. The molecule has 2 fully saturated rings. The molecule has 8 rings (SSSR count). The number of hydrogen-bond donors (Lipinski definition) is 6. The zero-order valence-electron chi connectivity index (χ0n) is 31.7. The van der Waals surface area contributed by atoms with Gasteiger partial charge in [-0.25, -0.2) is 38.7 Å². The first-order chi connectivity index (χ1) is 27.7. The SMILES string of the molecule is CNC(=O)c1ncc(-c2cc(N)c3cnc(NC(=O)[C@@H]4C[C@@H]4F)cc3c2)c(C)n1.CNC(=O)c1ncc(-c2cc(N)c3cnc(NC(=O)[C@H]4C[C@H]4F)cc3c2)c(C)n1. The van der Waals surface area contributed by atoms with E-state index in [0.717, 1.165) is 43.8 Å². The Labute approximate surface area is 329 Å². The van der Waals surface area contributed by atoms with Gasteiger partial charge in [-0.15, -0.1) is 0 Å². The number of benzene rings is 2. The van der Waals surface area contributed by atoms with Crippen LogP contribution in [0.15, 0.2) is 61.2 Å². The van der Waals surface area contributed by atoms with E-state index < -0.39 is 24.2 Å². The van der Waals surface area contributed by atoms with E-state index in [-0.39, 0.29) is 48.1 Å². The van der Waals surface area contributed by atoms with Gasteiger partial charge in [0.15, 0.2) is 0 Å². The Balaban J connectivity index is 0.000000177. The molecule has 4 amide bonds. The molecule has 4 heterocycles. The Hall–Kier alpha value is -7.24. The van der Waals surface area contributed by atoms with Crippen LogP contribution in [0.2, 0.25) is 0 Å². The van der Waals surface area contributed by atoms with Gasteiger partial charge < -0.3 is 32.7 Å². The number of amides is 4. The lowest BCUT2D eigenvalue weighted by atomic mass is 10.0. The van der Waals surface area contributed by atoms with Crippen molar-refractivity contribution >= 4 is 68.2 Å². The number of halogens is 2. The summed E-state index contributed by atoms with van der Waals surface area (Å²) in [5.41, 5.74) is 17.6. The van der Waals surface area contributed by atoms with Crippen molar-refractivity contribution in [3.8, 4) is 22.3 Å². The second kappa shape index (κ2) is 15.7. The average molecular weight is 789 g/mol. The van der Waals surface area contributed by atoms with Crippen LogP contribution < -0.4 is 32.7 Å². The van der Waals surface area contributed by atoms with Crippen molar-refractivity contribution in [1.29, 1.82) is 0 Å². The summed E-state index contributed by atoms with van der Waals surface area (Å²) in [5.74, 6) is -1.83. The highest BCUT2D eigenvalue weighted by atomic mass is 19.1. The second-order valence-electron chi connectivity index (χ2n) is 14.0. The molecule has 0 unspecified atom stereocenters. The van der Waals surface area contributed by atoms with Crippen LogP contribution in [0.5, 0.6) is 0 Å². The van der Waals surface area contributed by atoms with Gasteiger partial charge in [0.05, 0.1) is 11.8 Å². The average Bonchev–Trinajstić information content (AvgIpc) is 4.13. The first-order valence-corrected chi connectivity index (χ1v) is 18.1. The van der Waals surface area contributed by atoms with Crippen molar-refractivity contribution in [3.63, 3.8) is 0 Å². The van der Waals surface area contributed by atoms with Gasteiger partial charge in [0, 0.05) is 83.5 Å². The molecule has 296 valence electrons. The van der Waals surface area contributed by atoms with E-state index in [4.69, 9.17) is 11.5 Å². The number of nitrogens with one attached hydrogen (secondary N) is 4. The quantitative estimate of drug-likeness (QED) is 0.117. The van der Waals surface area contributed by atoms with Crippen LogP contribution >= 0.6 is 0 Å². The highest BCUT2D eigenvalue weighted by Crippen LogP contribution is 2.37. The van der Waals surface area contributed by atoms with Crippen molar-refractivity contribution in [2.24, 2.45) is 11.8 Å². The molecule has 2 aliphatic rings. The predicted octanol–water partition coefficient (Wildman–Crippen LogP) is 4.48. The molecule has 18 heteroatoms. The third-order valence-electron chi connectivity index (χ3n) is 9.78. The van der Waals surface area contributed by atoms with E-state index in [1.165, 1.54) is 14.1 Å². The van der Waals surface area contributed by atoms with Gasteiger partial charge in [0.25, 0.3) is 11.8 Å². The van der Waals surface area contributed by atoms with Crippen LogP contribution in [0.4, 0.5) is 31.8 Å². The largest absolute Gasteiger partial charge is 0.398 e. The predicted molar refractivity (Wildman–Crippen MR) is 214 cm³/mol. The molecule has 0 bridgehead atoms. The number of nitrogens with zero attached hydrogens (tertiary/aromatic N) is 6. The number of anilines is 4. The molecule has 0 radical (unpaired) electrons. The maximum absolute atomic E-state index is 13.1. The van der Waals surface area contributed by atoms with Gasteiger partial charge in [0.1, 0.15) is 24.0 Å². The minimum absolute atomic E-state index is 0.0861. The van der Waals surface area contributed by atoms with E-state index in [9.17, 15) is 28.0 Å². The minimum atomic E-state index is -1.07. The maximum atomic E-state index is 13.1. The number of pyridine rings is 2. The third kappa shape index (κ3) is 8.16. The first-order valence-electron chi connectivity index (χ1n) is 18.1. The molecule has 6 aromatic rings. The fourth-order valence-electron chi connectivity index (χ4n) is 6.27. The molecule has 0 spiro atoms. The fourth-order valence-corrected chi connectivity index (χ4v) is 6.27. The van der Waals surface area contributed by atoms with Gasteiger partial charge in [0.2, 0.25) is 23.5 Å². The standard InChI is InChI=1S/2C20H19FN6O2/c2*1-9-13(7-25-18(26-9)20(29)23-2)10-3-11-5-17(24-8-14(11)16(22)4-10)27-19(28)12-6-15(12)21/h2*3-5,7-8,12,15H,6,22H2,1-2H3,(H,23,29)(H,24,27,28)/t2*12-,15+/m10/s1. The van der Waals surface area contributed by atoms with Crippen LogP contribution in [0.3, 0.4) is 0 Å². The van der Waals surface area contributed by atoms with Crippen molar-refractivity contribution in [2.45, 2.75) is 39.0 Å². The molecular weight excluding hydrogens is 751 g/mol. The van der Waals surface area contributed by atoms with E-state index >= 15 is 0 Å². The second-order valence-corrected chi connectivity index (χ2v) is 14.0. The van der Waals surface area contributed by atoms with E-state index in [2.05, 4.69) is 51.2 Å². The summed E-state index contributed by atoms with van der Waals surface area (Å²) < 4.78 is 26.2. The molecule has 8 N–H and O–H groups in total. The normalized spacial score (nSPS) is 17.8. The van der Waals surface area contributed by atoms with Crippen LogP contribution in [-0.2, 0) is 9.59 Å². The molecule has 16 nitrogen and oxygen atoms in total. The number of nitrogens with two attached hydrogens (primary N) is 2. The number of hydrogen-bond acceptors (Lipinski definition) is 12. The van der Waals surface area contributed by atoms with Gasteiger partial charge in [-0.1, -0.05) is 0 Å². The lowest BCUT2D eigenvalue weighted by Gasteiger charge is -2.11. The summed E-state index contributed by atoms with van der Waals surface area (Å²) in [6.07, 6.45) is 4.66. The van der Waals surface area contributed by atoms with Crippen molar-refractivity contribution < 1.29 is 28.0 Å². The van der Waals surface area contributed by atoms with Crippen molar-refractivity contribution in [2.75, 3.05) is 36.2 Å². The topological polar surface area (TPSA) is 246 Å². The highest BCUT2D eigenvalue weighted by molar-refractivity contribution is 6.02. The Morgan fingerprint density at radius 1 is 0.603 bits per heavy atom. The van der Waals surface area contributed by atoms with Gasteiger partial charge in [-0.05, 0) is 85.0 Å². The Morgan fingerprint density at radius 2 is 0.983 bits per heavy atom. The van der Waals surface area contributed by atoms with Crippen LogP contribution in [0.1, 0.15) is 45.5 Å². The van der Waals surface area contributed by atoms with Gasteiger partial charge in [-0.3, -0.25) is 19.2 Å². The van der Waals surface area contributed by atoms with Crippen molar-refractivity contribution in [3.05, 3.63) is 84.2 Å². The minimum Gasteiger partial charge on any atom is -0.398 e. The summed E-state index contributed by atoms with van der Waals surface area (Å²) in [4.78, 5) is 72.5. The summed E-state index contributed by atoms with van der Waals surface area (Å²) in [6.45, 7) is 3.57. The van der Waals surface area contributed by atoms with Crippen LogP contribution in [0, 0.1) is 25.7 Å². The smallest absolute Gasteiger partial charge is 0.288 e. The molecule has 0 aliphatic heterocycles. The number of fused-ring (bicyclic) bond motifs is 2. The molecule has 2 aromatic carbocycles. The number of carbonyl (C=O) groups is 4. The van der Waals surface area contributed by atoms with Gasteiger partial charge >= 0.3 is 0 Å². The maximum Gasteiger partial charge on any atom is 0.288 e. The summed E-state index contributed by atoms with van der Waals surface area (Å²) in [6, 6.07) is 10.7. The monoisotopic (exact) mass is 788 g/mol. The molecule has 0 saturated heterocycles. The number of rotatable bonds is 8. The van der Waals surface area contributed by atoms with E-state index in [1.807, 2.05) is 12.1 Å². The number of aryl methyl sites for hydroxylation is 2. The lowest BCUT2D eigenvalue weighted by Crippen LogP contribution is -2.21. The Morgan fingerprint density at radius 3 is 1.31 bits per heavy atom. The molecule has 58 heavy (non-hydrogen) atoms. The Kier molecular flexibility index (Phi) is 10.6. The zero-order valence-corrected chi connectivity index (χ0v) is 31.7. The molecule has 4 atom stereocenters.